The maximum atomic E-state index is 7.91. The number of H-pyrrole nitrogens is 1. The van der Waals surface area contributed by atoms with E-state index in [0.717, 1.165) is 18.5 Å². The van der Waals surface area contributed by atoms with Gasteiger partial charge >= 0.3 is 0 Å². The number of nitrogens with one attached hydrogen (secondary N) is 2. The first-order chi connectivity index (χ1) is 9.72. The molecule has 0 radical (unpaired) electrons. The van der Waals surface area contributed by atoms with Crippen LogP contribution >= 0.6 is 0 Å². The summed E-state index contributed by atoms with van der Waals surface area (Å²) in [5.41, 5.74) is 2.63. The van der Waals surface area contributed by atoms with E-state index in [-0.39, 0.29) is 5.84 Å². The van der Waals surface area contributed by atoms with Crippen LogP contribution in [0.5, 0.6) is 5.88 Å². The summed E-state index contributed by atoms with van der Waals surface area (Å²) >= 11 is 0. The Bertz CT molecular complexity index is 616. The van der Waals surface area contributed by atoms with Crippen molar-refractivity contribution in [2.45, 2.75) is 19.8 Å². The van der Waals surface area contributed by atoms with E-state index >= 15 is 0 Å². The van der Waals surface area contributed by atoms with Crippen molar-refractivity contribution < 1.29 is 4.74 Å². The summed E-state index contributed by atoms with van der Waals surface area (Å²) in [5, 5.41) is 7.91. The molecule has 0 spiro atoms. The predicted octanol–water partition coefficient (Wildman–Crippen LogP) is 2.82. The van der Waals surface area contributed by atoms with Gasteiger partial charge in [0, 0.05) is 12.3 Å². The third-order valence-corrected chi connectivity index (χ3v) is 2.81. The number of hydrogen-bond donors (Lipinski definition) is 2. The van der Waals surface area contributed by atoms with Crippen LogP contribution in [0.2, 0.25) is 0 Å². The van der Waals surface area contributed by atoms with Crippen LogP contribution in [-0.2, 0) is 6.42 Å². The van der Waals surface area contributed by atoms with Gasteiger partial charge in [-0.25, -0.2) is 9.98 Å². The molecule has 0 aliphatic rings. The summed E-state index contributed by atoms with van der Waals surface area (Å²) in [5.74, 6) is 0.586. The van der Waals surface area contributed by atoms with Crippen molar-refractivity contribution in [2.24, 2.45) is 4.99 Å². The topological polar surface area (TPSA) is 74.1 Å². The highest BCUT2D eigenvalue weighted by Crippen LogP contribution is 2.08. The number of aryl methyl sites for hydroxylation is 1. The van der Waals surface area contributed by atoms with Crippen LogP contribution < -0.4 is 4.74 Å². The highest BCUT2D eigenvalue weighted by atomic mass is 16.5. The molecule has 0 saturated carbocycles. The molecule has 0 aromatic carbocycles. The third kappa shape index (κ3) is 3.54. The number of aromatic nitrogens is 2. The molecule has 0 amide bonds. The summed E-state index contributed by atoms with van der Waals surface area (Å²) in [6.45, 7) is 2.14. The molecule has 0 aliphatic heterocycles. The van der Waals surface area contributed by atoms with Gasteiger partial charge in [0.15, 0.2) is 5.84 Å². The minimum atomic E-state index is 0.107. The predicted molar refractivity (Wildman–Crippen MR) is 80.0 cm³/mol. The molecule has 0 atom stereocenters. The van der Waals surface area contributed by atoms with Gasteiger partial charge in [-0.2, -0.15) is 0 Å². The molecule has 0 bridgehead atoms. The largest absolute Gasteiger partial charge is 0.481 e. The van der Waals surface area contributed by atoms with E-state index in [9.17, 15) is 0 Å². The Labute approximate surface area is 118 Å². The van der Waals surface area contributed by atoms with Crippen molar-refractivity contribution in [3.63, 3.8) is 0 Å². The highest BCUT2D eigenvalue weighted by Gasteiger charge is 2.03. The van der Waals surface area contributed by atoms with Crippen LogP contribution in [0, 0.1) is 5.41 Å². The van der Waals surface area contributed by atoms with E-state index < -0.39 is 0 Å². The van der Waals surface area contributed by atoms with Crippen molar-refractivity contribution in [1.29, 1.82) is 5.41 Å². The van der Waals surface area contributed by atoms with E-state index in [0.29, 0.717) is 11.6 Å². The molecule has 2 aromatic rings. The molecule has 0 unspecified atom stereocenters. The van der Waals surface area contributed by atoms with Crippen LogP contribution in [0.3, 0.4) is 0 Å². The maximum Gasteiger partial charge on any atom is 0.213 e. The SMILES string of the molecule is CCCc1c[nH]c(C=NC(=N)c2cccc(OC)n2)c1. The minimum absolute atomic E-state index is 0.107. The quantitative estimate of drug-likeness (QED) is 0.647. The van der Waals surface area contributed by atoms with Gasteiger partial charge in [0.2, 0.25) is 5.88 Å². The van der Waals surface area contributed by atoms with Crippen molar-refractivity contribution >= 4 is 12.1 Å². The number of nitrogens with zero attached hydrogens (tertiary/aromatic N) is 2. The zero-order chi connectivity index (χ0) is 14.4. The first kappa shape index (κ1) is 14.0. The lowest BCUT2D eigenvalue weighted by Gasteiger charge is -2.00. The van der Waals surface area contributed by atoms with Gasteiger partial charge in [-0.3, -0.25) is 5.41 Å². The van der Waals surface area contributed by atoms with Gasteiger partial charge in [0.1, 0.15) is 5.69 Å². The lowest BCUT2D eigenvalue weighted by Crippen LogP contribution is -2.01. The average Bonchev–Trinajstić information content (AvgIpc) is 2.93. The number of pyridine rings is 1. The summed E-state index contributed by atoms with van der Waals surface area (Å²) < 4.78 is 5.03. The highest BCUT2D eigenvalue weighted by molar-refractivity contribution is 6.01. The molecule has 2 N–H and O–H groups in total. The Balaban J connectivity index is 2.07. The Kier molecular flexibility index (Phi) is 4.65. The van der Waals surface area contributed by atoms with Crippen molar-refractivity contribution in [3.05, 3.63) is 47.4 Å². The minimum Gasteiger partial charge on any atom is -0.481 e. The Morgan fingerprint density at radius 1 is 1.50 bits per heavy atom. The third-order valence-electron chi connectivity index (χ3n) is 2.81. The Morgan fingerprint density at radius 2 is 2.35 bits per heavy atom. The van der Waals surface area contributed by atoms with E-state index in [1.54, 1.807) is 31.5 Å². The molecular formula is C15H18N4O. The lowest BCUT2D eigenvalue weighted by atomic mass is 10.2. The molecule has 0 fully saturated rings. The molecule has 2 heterocycles. The van der Waals surface area contributed by atoms with Crippen LogP contribution in [0.1, 0.15) is 30.3 Å². The molecule has 5 heteroatoms. The molecule has 0 saturated heterocycles. The summed E-state index contributed by atoms with van der Waals surface area (Å²) in [6, 6.07) is 7.31. The van der Waals surface area contributed by atoms with Gasteiger partial charge in [0.05, 0.1) is 19.0 Å². The normalized spacial score (nSPS) is 10.9. The van der Waals surface area contributed by atoms with E-state index in [4.69, 9.17) is 10.1 Å². The number of hydrogen-bond acceptors (Lipinski definition) is 3. The second-order valence-electron chi connectivity index (χ2n) is 4.39. The number of amidine groups is 1. The first-order valence-corrected chi connectivity index (χ1v) is 6.54. The summed E-state index contributed by atoms with van der Waals surface area (Å²) in [7, 11) is 1.55. The van der Waals surface area contributed by atoms with Crippen LogP contribution in [0.25, 0.3) is 0 Å². The van der Waals surface area contributed by atoms with E-state index in [2.05, 4.69) is 21.9 Å². The van der Waals surface area contributed by atoms with E-state index in [1.165, 1.54) is 5.56 Å². The zero-order valence-electron chi connectivity index (χ0n) is 11.7. The second kappa shape index (κ2) is 6.65. The van der Waals surface area contributed by atoms with Gasteiger partial charge < -0.3 is 9.72 Å². The number of rotatable bonds is 5. The van der Waals surface area contributed by atoms with Crippen LogP contribution in [0.15, 0.2) is 35.5 Å². The number of aliphatic imine (C=N–C) groups is 1. The second-order valence-corrected chi connectivity index (χ2v) is 4.39. The van der Waals surface area contributed by atoms with Gasteiger partial charge in [0.25, 0.3) is 0 Å². The van der Waals surface area contributed by atoms with Crippen molar-refractivity contribution in [3.8, 4) is 5.88 Å². The monoisotopic (exact) mass is 270 g/mol. The van der Waals surface area contributed by atoms with E-state index in [1.807, 2.05) is 12.3 Å². The van der Waals surface area contributed by atoms with Gasteiger partial charge in [-0.1, -0.05) is 19.4 Å². The van der Waals surface area contributed by atoms with Crippen LogP contribution in [-0.4, -0.2) is 29.1 Å². The molecular weight excluding hydrogens is 252 g/mol. The number of methoxy groups -OCH3 is 1. The number of aromatic amines is 1. The lowest BCUT2D eigenvalue weighted by molar-refractivity contribution is 0.397. The van der Waals surface area contributed by atoms with Gasteiger partial charge in [-0.05, 0) is 24.1 Å². The first-order valence-electron chi connectivity index (χ1n) is 6.54. The molecule has 104 valence electrons. The molecule has 2 aromatic heterocycles. The van der Waals surface area contributed by atoms with Crippen molar-refractivity contribution in [1.82, 2.24) is 9.97 Å². The Hall–Kier alpha value is -2.43. The fourth-order valence-electron chi connectivity index (χ4n) is 1.83. The fourth-order valence-corrected chi connectivity index (χ4v) is 1.83. The van der Waals surface area contributed by atoms with Crippen molar-refractivity contribution in [2.75, 3.05) is 7.11 Å². The zero-order valence-corrected chi connectivity index (χ0v) is 11.7. The van der Waals surface area contributed by atoms with Crippen LogP contribution in [0.4, 0.5) is 0 Å². The standard InChI is InChI=1S/C15H18N4O/c1-3-5-11-8-12(17-9-11)10-18-15(16)13-6-4-7-14(19-13)20-2/h4,6-10,16-17H,3,5H2,1-2H3. The fraction of sp³-hybridized carbons (Fsp3) is 0.267. The Morgan fingerprint density at radius 3 is 3.10 bits per heavy atom. The molecule has 0 aliphatic carbocycles. The smallest absolute Gasteiger partial charge is 0.213 e. The molecule has 20 heavy (non-hydrogen) atoms. The summed E-state index contributed by atoms with van der Waals surface area (Å²) in [6.07, 6.45) is 5.76. The molecule has 5 nitrogen and oxygen atoms in total. The number of ether oxygens (including phenoxy) is 1. The molecule has 2 rings (SSSR count). The average molecular weight is 270 g/mol. The van der Waals surface area contributed by atoms with Gasteiger partial charge in [-0.15, -0.1) is 0 Å². The summed E-state index contributed by atoms with van der Waals surface area (Å²) in [4.78, 5) is 11.4. The maximum absolute atomic E-state index is 7.91.